The zero-order valence-electron chi connectivity index (χ0n) is 27.0. The maximum absolute atomic E-state index is 16.2. The number of aliphatic hydroxyl groups is 1. The Balaban J connectivity index is 1.85. The fraction of sp³-hybridized carbons (Fsp3) is 0.417. The summed E-state index contributed by atoms with van der Waals surface area (Å²) in [6, 6.07) is 13.2. The first-order chi connectivity index (χ1) is 22.7. The minimum absolute atomic E-state index is 0.00655. The summed E-state index contributed by atoms with van der Waals surface area (Å²) in [5, 5.41) is 30.6. The highest BCUT2D eigenvalue weighted by Gasteiger charge is 2.69. The summed E-state index contributed by atoms with van der Waals surface area (Å²) in [5.41, 5.74) is -2.03. The fourth-order valence-electron chi connectivity index (χ4n) is 7.56. The molecule has 254 valence electrons. The first-order valence-corrected chi connectivity index (χ1v) is 16.4. The number of carbonyl (C=O) groups is 2. The molecule has 0 aliphatic carbocycles. The number of fused-ring (bicyclic) bond motifs is 1. The van der Waals surface area contributed by atoms with Crippen molar-refractivity contribution in [3.05, 3.63) is 93.0 Å². The molecule has 5 unspecified atom stereocenters. The number of rotatable bonds is 10. The number of unbranched alkanes of at least 4 members (excludes halogenated alkanes) is 1. The molecular weight excluding hydrogens is 663 g/mol. The minimum atomic E-state index is -1.79. The standard InChI is InChI=1S/C36H37Cl2F2N3O5/c1-35(2,3)18-28-36(19-41,24-14-11-20(37)16-26(24)39)30(23-8-7-9-25(38)31(23)40)32-33(45)42(29(43(28)32)10-5-6-15-44)21-12-13-22(34(46)47)27(17-21)48-4/h7-9,11-14,16-17,28-30,32,44H,5-6,10,15,18H2,1-4H3,(H,46,47). The van der Waals surface area contributed by atoms with Crippen LogP contribution in [0.3, 0.4) is 0 Å². The number of anilines is 1. The van der Waals surface area contributed by atoms with Gasteiger partial charge in [0.15, 0.2) is 0 Å². The normalized spacial score (nSPS) is 24.1. The number of benzene rings is 3. The Hall–Kier alpha value is -3.75. The van der Waals surface area contributed by atoms with E-state index in [0.717, 1.165) is 6.07 Å². The summed E-state index contributed by atoms with van der Waals surface area (Å²) >= 11 is 12.5. The van der Waals surface area contributed by atoms with Crippen molar-refractivity contribution in [1.82, 2.24) is 4.90 Å². The van der Waals surface area contributed by atoms with Gasteiger partial charge in [0.2, 0.25) is 5.91 Å². The second kappa shape index (κ2) is 13.6. The lowest BCUT2D eigenvalue weighted by Gasteiger charge is -2.42. The molecule has 5 atom stereocenters. The molecule has 3 aromatic carbocycles. The van der Waals surface area contributed by atoms with Gasteiger partial charge in [-0.05, 0) is 67.0 Å². The maximum atomic E-state index is 16.2. The molecule has 0 spiro atoms. The molecular formula is C36H37Cl2F2N3O5. The van der Waals surface area contributed by atoms with Crippen LogP contribution in [0.4, 0.5) is 14.5 Å². The molecule has 2 aliphatic heterocycles. The number of hydrogen-bond donors (Lipinski definition) is 2. The first kappa shape index (κ1) is 35.6. The van der Waals surface area contributed by atoms with E-state index in [-0.39, 0.29) is 39.1 Å². The van der Waals surface area contributed by atoms with E-state index >= 15 is 13.6 Å². The van der Waals surface area contributed by atoms with Crippen LogP contribution in [-0.4, -0.2) is 59.0 Å². The first-order valence-electron chi connectivity index (χ1n) is 15.6. The van der Waals surface area contributed by atoms with Crippen LogP contribution in [0.15, 0.2) is 54.6 Å². The average Bonchev–Trinajstić information content (AvgIpc) is 3.46. The molecule has 2 N–H and O–H groups in total. The molecule has 0 aromatic heterocycles. The second-order valence-corrected chi connectivity index (χ2v) is 14.3. The number of nitriles is 1. The zero-order valence-corrected chi connectivity index (χ0v) is 28.5. The van der Waals surface area contributed by atoms with Crippen LogP contribution in [0.5, 0.6) is 5.75 Å². The highest BCUT2D eigenvalue weighted by Crippen LogP contribution is 2.60. The van der Waals surface area contributed by atoms with Crippen LogP contribution in [0.2, 0.25) is 10.0 Å². The van der Waals surface area contributed by atoms with Gasteiger partial charge in [0.05, 0.1) is 24.4 Å². The molecule has 0 radical (unpaired) electrons. The van der Waals surface area contributed by atoms with E-state index in [1.54, 1.807) is 0 Å². The van der Waals surface area contributed by atoms with Crippen molar-refractivity contribution in [1.29, 1.82) is 5.26 Å². The van der Waals surface area contributed by atoms with Gasteiger partial charge >= 0.3 is 5.97 Å². The molecule has 8 nitrogen and oxygen atoms in total. The summed E-state index contributed by atoms with van der Waals surface area (Å²) in [5.74, 6) is -4.47. The van der Waals surface area contributed by atoms with Crippen LogP contribution in [-0.2, 0) is 10.2 Å². The predicted molar refractivity (Wildman–Crippen MR) is 179 cm³/mol. The van der Waals surface area contributed by atoms with E-state index in [0.29, 0.717) is 31.4 Å². The summed E-state index contributed by atoms with van der Waals surface area (Å²) in [7, 11) is 1.33. The molecule has 2 aliphatic rings. The number of carboxylic acids is 1. The lowest BCUT2D eigenvalue weighted by Crippen LogP contribution is -2.52. The van der Waals surface area contributed by atoms with E-state index < -0.39 is 58.5 Å². The number of nitrogens with zero attached hydrogens (tertiary/aromatic N) is 3. The van der Waals surface area contributed by atoms with Gasteiger partial charge in [-0.1, -0.05) is 62.2 Å². The number of aromatic carboxylic acids is 1. The number of aliphatic hydroxyl groups excluding tert-OH is 1. The van der Waals surface area contributed by atoms with E-state index in [9.17, 15) is 20.3 Å². The SMILES string of the molecule is COc1cc(N2C(=O)C3C(c4cccc(Cl)c4F)C(C#N)(c4ccc(Cl)cc4F)C(CC(C)(C)C)N3C2CCCCO)ccc1C(=O)O. The van der Waals surface area contributed by atoms with E-state index in [4.69, 9.17) is 27.9 Å². The molecule has 2 saturated heterocycles. The van der Waals surface area contributed by atoms with Crippen molar-refractivity contribution in [2.75, 3.05) is 18.6 Å². The van der Waals surface area contributed by atoms with Gasteiger partial charge in [-0.15, -0.1) is 0 Å². The number of ether oxygens (including phenoxy) is 1. The Morgan fingerprint density at radius 1 is 1.10 bits per heavy atom. The van der Waals surface area contributed by atoms with Crippen LogP contribution in [0.25, 0.3) is 0 Å². The highest BCUT2D eigenvalue weighted by molar-refractivity contribution is 6.31. The zero-order chi connectivity index (χ0) is 35.1. The van der Waals surface area contributed by atoms with E-state index in [1.165, 1.54) is 60.5 Å². The van der Waals surface area contributed by atoms with Gasteiger partial charge in [0, 0.05) is 40.9 Å². The predicted octanol–water partition coefficient (Wildman–Crippen LogP) is 7.55. The second-order valence-electron chi connectivity index (χ2n) is 13.5. The Morgan fingerprint density at radius 2 is 1.83 bits per heavy atom. The van der Waals surface area contributed by atoms with Crippen molar-refractivity contribution < 1.29 is 33.3 Å². The van der Waals surface area contributed by atoms with Crippen molar-refractivity contribution in [2.24, 2.45) is 5.41 Å². The summed E-state index contributed by atoms with van der Waals surface area (Å²) in [6.45, 7) is 5.83. The van der Waals surface area contributed by atoms with Gasteiger partial charge in [-0.25, -0.2) is 13.6 Å². The summed E-state index contributed by atoms with van der Waals surface area (Å²) in [4.78, 5) is 30.3. The maximum Gasteiger partial charge on any atom is 0.339 e. The van der Waals surface area contributed by atoms with E-state index in [2.05, 4.69) is 6.07 Å². The smallest absolute Gasteiger partial charge is 0.339 e. The third-order valence-electron chi connectivity index (χ3n) is 9.39. The summed E-state index contributed by atoms with van der Waals surface area (Å²) < 4.78 is 37.8. The lowest BCUT2D eigenvalue weighted by atomic mass is 9.62. The molecule has 48 heavy (non-hydrogen) atoms. The molecule has 2 heterocycles. The van der Waals surface area contributed by atoms with E-state index in [1.807, 2.05) is 25.7 Å². The van der Waals surface area contributed by atoms with Crippen LogP contribution in [0.1, 0.15) is 73.9 Å². The van der Waals surface area contributed by atoms with Gasteiger partial charge in [-0.2, -0.15) is 5.26 Å². The van der Waals surface area contributed by atoms with Crippen molar-refractivity contribution in [3.8, 4) is 11.8 Å². The van der Waals surface area contributed by atoms with Gasteiger partial charge in [0.1, 0.15) is 34.4 Å². The Bertz CT molecular complexity index is 1780. The van der Waals surface area contributed by atoms with Crippen LogP contribution in [0, 0.1) is 28.4 Å². The molecule has 12 heteroatoms. The van der Waals surface area contributed by atoms with Crippen molar-refractivity contribution in [3.63, 3.8) is 0 Å². The molecule has 3 aromatic rings. The Morgan fingerprint density at radius 3 is 2.44 bits per heavy atom. The Labute approximate surface area is 288 Å². The molecule has 2 fully saturated rings. The number of amides is 1. The van der Waals surface area contributed by atoms with Crippen LogP contribution < -0.4 is 9.64 Å². The number of carbonyl (C=O) groups excluding carboxylic acids is 1. The van der Waals surface area contributed by atoms with Gasteiger partial charge < -0.3 is 14.9 Å². The Kier molecular flexibility index (Phi) is 10.1. The number of hydrogen-bond acceptors (Lipinski definition) is 6. The molecule has 0 bridgehead atoms. The monoisotopic (exact) mass is 699 g/mol. The van der Waals surface area contributed by atoms with Crippen molar-refractivity contribution in [2.45, 2.75) is 76.0 Å². The third kappa shape index (κ3) is 6.02. The highest BCUT2D eigenvalue weighted by atomic mass is 35.5. The van der Waals surface area contributed by atoms with Crippen molar-refractivity contribution >= 4 is 40.8 Å². The van der Waals surface area contributed by atoms with Gasteiger partial charge in [-0.3, -0.25) is 14.6 Å². The number of methoxy groups -OCH3 is 1. The quantitative estimate of drug-likeness (QED) is 0.210. The lowest BCUT2D eigenvalue weighted by molar-refractivity contribution is -0.119. The largest absolute Gasteiger partial charge is 0.496 e. The molecule has 0 saturated carbocycles. The fourth-order valence-corrected chi connectivity index (χ4v) is 7.91. The van der Waals surface area contributed by atoms with Gasteiger partial charge in [0.25, 0.3) is 0 Å². The topological polar surface area (TPSA) is 114 Å². The number of halogens is 4. The summed E-state index contributed by atoms with van der Waals surface area (Å²) in [6.07, 6.45) is 0.797. The molecule has 5 rings (SSSR count). The average molecular weight is 701 g/mol. The minimum Gasteiger partial charge on any atom is -0.496 e. The van der Waals surface area contributed by atoms with Crippen LogP contribution >= 0.6 is 23.2 Å². The molecule has 1 amide bonds. The third-order valence-corrected chi connectivity index (χ3v) is 9.92. The number of carboxylic acid groups (broad SMARTS) is 1.